The first kappa shape index (κ1) is 13.1. The largest absolute Gasteiger partial charge is 0.345 e. The van der Waals surface area contributed by atoms with Crippen molar-refractivity contribution in [3.63, 3.8) is 0 Å². The maximum Gasteiger partial charge on any atom is 0.340 e. The molecule has 3 aromatic rings. The van der Waals surface area contributed by atoms with E-state index in [4.69, 9.17) is 0 Å². The summed E-state index contributed by atoms with van der Waals surface area (Å²) in [4.78, 5) is 25.5. The Balaban J connectivity index is 1.70. The first-order valence-electron chi connectivity index (χ1n) is 6.48. The number of rotatable bonds is 4. The number of benzene rings is 1. The Morgan fingerprint density at radius 1 is 1.43 bits per heavy atom. The van der Waals surface area contributed by atoms with Gasteiger partial charge in [-0.15, -0.1) is 0 Å². The van der Waals surface area contributed by atoms with Crippen LogP contribution in [0.4, 0.5) is 0 Å². The Morgan fingerprint density at radius 3 is 3.00 bits per heavy atom. The Labute approximate surface area is 119 Å². The average Bonchev–Trinajstić information content (AvgIpc) is 3.06. The number of nitrogens with zero attached hydrogens (tertiary/aromatic N) is 3. The number of carbonyl (C=O) groups is 1. The number of fused-ring (bicyclic) bond motifs is 1. The van der Waals surface area contributed by atoms with Crippen LogP contribution in [-0.4, -0.2) is 30.9 Å². The molecule has 0 aliphatic rings. The van der Waals surface area contributed by atoms with Gasteiger partial charge in [-0.25, -0.2) is 9.89 Å². The van der Waals surface area contributed by atoms with Crippen LogP contribution < -0.4 is 11.0 Å². The topological polar surface area (TPSA) is 108 Å². The zero-order chi connectivity index (χ0) is 14.8. The molecule has 21 heavy (non-hydrogen) atoms. The summed E-state index contributed by atoms with van der Waals surface area (Å²) in [6, 6.07) is 7.27. The molecule has 1 aromatic carbocycles. The van der Waals surface area contributed by atoms with Crippen molar-refractivity contribution >= 4 is 16.8 Å². The third kappa shape index (κ3) is 2.69. The number of H-pyrrole nitrogens is 2. The number of carbonyl (C=O) groups excluding carboxylic acids is 1. The summed E-state index contributed by atoms with van der Waals surface area (Å²) in [6.45, 7) is 1.84. The fraction of sp³-hybridized carbons (Fsp3) is 0.231. The molecule has 8 nitrogen and oxygen atoms in total. The normalized spacial score (nSPS) is 12.4. The summed E-state index contributed by atoms with van der Waals surface area (Å²) < 4.78 is 1.63. The summed E-state index contributed by atoms with van der Waals surface area (Å²) in [5, 5.41) is 14.0. The molecule has 1 atom stereocenters. The van der Waals surface area contributed by atoms with Gasteiger partial charge in [0.25, 0.3) is 0 Å². The van der Waals surface area contributed by atoms with E-state index in [0.29, 0.717) is 5.82 Å². The lowest BCUT2D eigenvalue weighted by atomic mass is 10.2. The van der Waals surface area contributed by atoms with Gasteiger partial charge in [0.15, 0.2) is 5.82 Å². The Bertz CT molecular complexity index is 830. The van der Waals surface area contributed by atoms with E-state index in [1.54, 1.807) is 17.8 Å². The average molecular weight is 286 g/mol. The third-order valence-corrected chi connectivity index (χ3v) is 3.15. The minimum Gasteiger partial charge on any atom is -0.345 e. The lowest BCUT2D eigenvalue weighted by Crippen LogP contribution is -2.31. The second-order valence-corrected chi connectivity index (χ2v) is 4.71. The van der Waals surface area contributed by atoms with Crippen LogP contribution in [0.5, 0.6) is 0 Å². The maximum atomic E-state index is 12.0. The molecule has 0 spiro atoms. The van der Waals surface area contributed by atoms with Crippen LogP contribution in [0.25, 0.3) is 10.9 Å². The predicted octanol–water partition coefficient (Wildman–Crippen LogP) is 0.325. The van der Waals surface area contributed by atoms with Crippen molar-refractivity contribution in [2.45, 2.75) is 19.5 Å². The second-order valence-electron chi connectivity index (χ2n) is 4.71. The smallest absolute Gasteiger partial charge is 0.340 e. The van der Waals surface area contributed by atoms with Crippen molar-refractivity contribution in [1.82, 2.24) is 30.3 Å². The molecule has 2 aromatic heterocycles. The Morgan fingerprint density at radius 2 is 2.24 bits per heavy atom. The van der Waals surface area contributed by atoms with E-state index in [-0.39, 0.29) is 12.5 Å². The number of nitrogens with one attached hydrogen (secondary N) is 3. The molecule has 1 unspecified atom stereocenters. The van der Waals surface area contributed by atoms with Crippen LogP contribution in [-0.2, 0) is 11.3 Å². The van der Waals surface area contributed by atoms with Crippen LogP contribution in [0, 0.1) is 0 Å². The van der Waals surface area contributed by atoms with E-state index in [2.05, 4.69) is 25.6 Å². The summed E-state index contributed by atoms with van der Waals surface area (Å²) >= 11 is 0. The maximum absolute atomic E-state index is 12.0. The molecular formula is C13H14N6O2. The zero-order valence-corrected chi connectivity index (χ0v) is 11.3. The van der Waals surface area contributed by atoms with Crippen LogP contribution >= 0.6 is 0 Å². The Hall–Kier alpha value is -2.90. The first-order valence-corrected chi connectivity index (χ1v) is 6.48. The monoisotopic (exact) mass is 286 g/mol. The van der Waals surface area contributed by atoms with E-state index in [1.165, 1.54) is 0 Å². The van der Waals surface area contributed by atoms with E-state index < -0.39 is 11.7 Å². The van der Waals surface area contributed by atoms with Crippen LogP contribution in [0.1, 0.15) is 18.8 Å². The number of hydrogen-bond acceptors (Lipinski definition) is 4. The molecule has 2 heterocycles. The second kappa shape index (κ2) is 5.23. The molecule has 0 aliphatic carbocycles. The molecule has 1 amide bonds. The number of para-hydroxylation sites is 1. The Kier molecular flexibility index (Phi) is 3.27. The lowest BCUT2D eigenvalue weighted by Gasteiger charge is -2.11. The van der Waals surface area contributed by atoms with Gasteiger partial charge in [0, 0.05) is 5.39 Å². The van der Waals surface area contributed by atoms with Gasteiger partial charge in [-0.3, -0.25) is 14.5 Å². The number of amides is 1. The molecule has 3 N–H and O–H groups in total. The highest BCUT2D eigenvalue weighted by molar-refractivity contribution is 5.82. The highest BCUT2D eigenvalue weighted by Gasteiger charge is 2.14. The van der Waals surface area contributed by atoms with Gasteiger partial charge in [0.1, 0.15) is 6.54 Å². The molecule has 0 saturated heterocycles. The van der Waals surface area contributed by atoms with Crippen molar-refractivity contribution in [1.29, 1.82) is 0 Å². The van der Waals surface area contributed by atoms with Gasteiger partial charge in [0.05, 0.1) is 17.8 Å². The predicted molar refractivity (Wildman–Crippen MR) is 75.5 cm³/mol. The summed E-state index contributed by atoms with van der Waals surface area (Å²) in [5.41, 5.74) is 0.498. The fourth-order valence-electron chi connectivity index (χ4n) is 2.13. The number of aromatic amines is 2. The quantitative estimate of drug-likeness (QED) is 0.642. The van der Waals surface area contributed by atoms with Gasteiger partial charge in [-0.1, -0.05) is 18.2 Å². The minimum absolute atomic E-state index is 0.104. The van der Waals surface area contributed by atoms with Gasteiger partial charge < -0.3 is 5.32 Å². The summed E-state index contributed by atoms with van der Waals surface area (Å²) in [5.74, 6) is 0.180. The third-order valence-electron chi connectivity index (χ3n) is 3.15. The van der Waals surface area contributed by atoms with Crippen LogP contribution in [0.2, 0.25) is 0 Å². The van der Waals surface area contributed by atoms with Crippen molar-refractivity contribution in [3.05, 3.63) is 46.8 Å². The van der Waals surface area contributed by atoms with Crippen molar-refractivity contribution < 1.29 is 4.79 Å². The standard InChI is InChI=1S/C13H14N6O2/c1-8(12-16-13(21)18-17-12)15-11(20)7-19-10-5-3-2-4-9(10)6-14-19/h2-6,8H,7H2,1H3,(H,15,20)(H2,16,17,18,21). The first-order chi connectivity index (χ1) is 10.1. The molecule has 0 aliphatic heterocycles. The SMILES string of the molecule is CC(NC(=O)Cn1ncc2ccccc21)c1n[nH]c(=O)[nH]1. The van der Waals surface area contributed by atoms with E-state index in [0.717, 1.165) is 10.9 Å². The summed E-state index contributed by atoms with van der Waals surface area (Å²) in [7, 11) is 0. The summed E-state index contributed by atoms with van der Waals surface area (Å²) in [6.07, 6.45) is 1.72. The highest BCUT2D eigenvalue weighted by atomic mass is 16.2. The van der Waals surface area contributed by atoms with Gasteiger partial charge in [-0.05, 0) is 13.0 Å². The molecule has 0 radical (unpaired) electrons. The molecule has 0 fully saturated rings. The van der Waals surface area contributed by atoms with E-state index in [9.17, 15) is 9.59 Å². The van der Waals surface area contributed by atoms with E-state index >= 15 is 0 Å². The van der Waals surface area contributed by atoms with Crippen molar-refractivity contribution in [2.75, 3.05) is 0 Å². The highest BCUT2D eigenvalue weighted by Crippen LogP contribution is 2.12. The number of hydrogen-bond donors (Lipinski definition) is 3. The molecule has 3 rings (SSSR count). The molecule has 8 heteroatoms. The minimum atomic E-state index is -0.399. The molecular weight excluding hydrogens is 272 g/mol. The van der Waals surface area contributed by atoms with Gasteiger partial charge in [0.2, 0.25) is 5.91 Å². The zero-order valence-electron chi connectivity index (χ0n) is 11.3. The number of aromatic nitrogens is 5. The molecule has 0 bridgehead atoms. The van der Waals surface area contributed by atoms with Crippen LogP contribution in [0.3, 0.4) is 0 Å². The molecule has 0 saturated carbocycles. The fourth-order valence-corrected chi connectivity index (χ4v) is 2.13. The van der Waals surface area contributed by atoms with Crippen molar-refractivity contribution in [3.8, 4) is 0 Å². The van der Waals surface area contributed by atoms with E-state index in [1.807, 2.05) is 24.3 Å². The van der Waals surface area contributed by atoms with Crippen molar-refractivity contribution in [2.24, 2.45) is 0 Å². The van der Waals surface area contributed by atoms with Crippen LogP contribution in [0.15, 0.2) is 35.3 Å². The molecule has 108 valence electrons. The lowest BCUT2D eigenvalue weighted by molar-refractivity contribution is -0.122. The van der Waals surface area contributed by atoms with Gasteiger partial charge in [-0.2, -0.15) is 10.2 Å². The van der Waals surface area contributed by atoms with Gasteiger partial charge >= 0.3 is 5.69 Å².